The number of benzene rings is 2. The summed E-state index contributed by atoms with van der Waals surface area (Å²) in [4.78, 5) is 14.9. The van der Waals surface area contributed by atoms with Crippen molar-refractivity contribution in [2.24, 2.45) is 5.92 Å². The number of nitrogens with zero attached hydrogens (tertiary/aromatic N) is 1. The van der Waals surface area contributed by atoms with Crippen LogP contribution in [0.25, 0.3) is 0 Å². The van der Waals surface area contributed by atoms with E-state index in [0.29, 0.717) is 6.42 Å². The van der Waals surface area contributed by atoms with Crippen LogP contribution in [-0.4, -0.2) is 19.0 Å². The monoisotopic (exact) mass is 388 g/mol. The van der Waals surface area contributed by atoms with Crippen molar-refractivity contribution in [3.8, 4) is 0 Å². The minimum absolute atomic E-state index is 0.00790. The standard InChI is InChI=1S/C22H23F3N2O/c1-14-12-17(27-10-2-3-11-27)8-9-20(14)26-21(28)19-13-18(19)15-4-6-16(7-5-15)22(23,24)25/h4-9,12,18-19H,2-3,10-11,13H2,1H3,(H,26,28)/t18-,19-/m0/s1. The van der Waals surface area contributed by atoms with E-state index in [1.165, 1.54) is 30.7 Å². The van der Waals surface area contributed by atoms with Gasteiger partial charge in [-0.3, -0.25) is 4.79 Å². The molecule has 2 aromatic carbocycles. The van der Waals surface area contributed by atoms with Crippen LogP contribution < -0.4 is 10.2 Å². The molecule has 1 aliphatic heterocycles. The number of amides is 1. The molecule has 0 aromatic heterocycles. The molecular weight excluding hydrogens is 365 g/mol. The molecule has 0 bridgehead atoms. The summed E-state index contributed by atoms with van der Waals surface area (Å²) in [6, 6.07) is 11.2. The van der Waals surface area contributed by atoms with E-state index >= 15 is 0 Å². The lowest BCUT2D eigenvalue weighted by Crippen LogP contribution is -2.18. The topological polar surface area (TPSA) is 32.3 Å². The maximum atomic E-state index is 12.7. The number of nitrogens with one attached hydrogen (secondary N) is 1. The molecule has 0 radical (unpaired) electrons. The smallest absolute Gasteiger partial charge is 0.372 e. The summed E-state index contributed by atoms with van der Waals surface area (Å²) in [5.74, 6) is -0.261. The van der Waals surface area contributed by atoms with Gasteiger partial charge >= 0.3 is 6.18 Å². The molecule has 0 spiro atoms. The number of carbonyl (C=O) groups is 1. The fourth-order valence-corrected chi connectivity index (χ4v) is 3.96. The van der Waals surface area contributed by atoms with E-state index in [1.54, 1.807) is 0 Å². The number of anilines is 2. The second-order valence-corrected chi connectivity index (χ2v) is 7.75. The van der Waals surface area contributed by atoms with Crippen LogP contribution in [0.3, 0.4) is 0 Å². The minimum atomic E-state index is -4.34. The van der Waals surface area contributed by atoms with Crippen molar-refractivity contribution in [2.45, 2.75) is 38.3 Å². The number of hydrogen-bond donors (Lipinski definition) is 1. The molecule has 2 fully saturated rings. The van der Waals surface area contributed by atoms with Gasteiger partial charge in [0.2, 0.25) is 5.91 Å². The minimum Gasteiger partial charge on any atom is -0.372 e. The molecule has 3 nitrogen and oxygen atoms in total. The third kappa shape index (κ3) is 3.86. The highest BCUT2D eigenvalue weighted by Crippen LogP contribution is 2.48. The van der Waals surface area contributed by atoms with E-state index in [2.05, 4.69) is 16.3 Å². The number of carbonyl (C=O) groups excluding carboxylic acids is 1. The molecule has 2 atom stereocenters. The van der Waals surface area contributed by atoms with Crippen LogP contribution in [0.4, 0.5) is 24.5 Å². The fraction of sp³-hybridized carbons (Fsp3) is 0.409. The van der Waals surface area contributed by atoms with Gasteiger partial charge in [-0.25, -0.2) is 0 Å². The number of alkyl halides is 3. The van der Waals surface area contributed by atoms with Gasteiger partial charge in [-0.05, 0) is 73.6 Å². The van der Waals surface area contributed by atoms with Gasteiger partial charge in [-0.15, -0.1) is 0 Å². The lowest BCUT2D eigenvalue weighted by atomic mass is 10.1. The van der Waals surface area contributed by atoms with Gasteiger partial charge in [-0.2, -0.15) is 13.2 Å². The van der Waals surface area contributed by atoms with E-state index < -0.39 is 11.7 Å². The molecule has 2 aliphatic rings. The van der Waals surface area contributed by atoms with Crippen LogP contribution >= 0.6 is 0 Å². The molecule has 4 rings (SSSR count). The van der Waals surface area contributed by atoms with Crippen molar-refractivity contribution in [1.29, 1.82) is 0 Å². The summed E-state index contributed by atoms with van der Waals surface area (Å²) in [7, 11) is 0. The molecule has 0 unspecified atom stereocenters. The van der Waals surface area contributed by atoms with E-state index in [0.717, 1.165) is 42.0 Å². The predicted molar refractivity (Wildman–Crippen MR) is 104 cm³/mol. The number of halogens is 3. The Morgan fingerprint density at radius 2 is 1.75 bits per heavy atom. The SMILES string of the molecule is Cc1cc(N2CCCC2)ccc1NC(=O)[C@H]1C[C@H]1c1ccc(C(F)(F)F)cc1. The quantitative estimate of drug-likeness (QED) is 0.765. The van der Waals surface area contributed by atoms with Gasteiger partial charge < -0.3 is 10.2 Å². The highest BCUT2D eigenvalue weighted by atomic mass is 19.4. The van der Waals surface area contributed by atoms with Crippen molar-refractivity contribution in [2.75, 3.05) is 23.3 Å². The van der Waals surface area contributed by atoms with Gasteiger partial charge in [-0.1, -0.05) is 12.1 Å². The Morgan fingerprint density at radius 3 is 2.36 bits per heavy atom. The van der Waals surface area contributed by atoms with Crippen molar-refractivity contribution in [3.63, 3.8) is 0 Å². The third-order valence-corrected chi connectivity index (χ3v) is 5.73. The zero-order chi connectivity index (χ0) is 19.9. The Hall–Kier alpha value is -2.50. The van der Waals surface area contributed by atoms with Crippen LogP contribution in [0.5, 0.6) is 0 Å². The Bertz CT molecular complexity index is 870. The molecule has 28 heavy (non-hydrogen) atoms. The van der Waals surface area contributed by atoms with Gasteiger partial charge in [0.1, 0.15) is 0 Å². The Balaban J connectivity index is 1.38. The van der Waals surface area contributed by atoms with E-state index in [9.17, 15) is 18.0 Å². The molecule has 1 N–H and O–H groups in total. The Morgan fingerprint density at radius 1 is 1.07 bits per heavy atom. The average molecular weight is 388 g/mol. The van der Waals surface area contributed by atoms with E-state index in [4.69, 9.17) is 0 Å². The van der Waals surface area contributed by atoms with Gasteiger partial charge in [0.15, 0.2) is 0 Å². The first kappa shape index (κ1) is 18.8. The molecule has 1 saturated heterocycles. The summed E-state index contributed by atoms with van der Waals surface area (Å²) in [6.07, 6.45) is -1.24. The molecule has 1 amide bonds. The lowest BCUT2D eigenvalue weighted by Gasteiger charge is -2.19. The van der Waals surface area contributed by atoms with E-state index in [-0.39, 0.29) is 17.7 Å². The third-order valence-electron chi connectivity index (χ3n) is 5.73. The number of hydrogen-bond acceptors (Lipinski definition) is 2. The summed E-state index contributed by atoms with van der Waals surface area (Å²) in [6.45, 7) is 4.12. The molecule has 148 valence electrons. The highest BCUT2D eigenvalue weighted by molar-refractivity contribution is 5.96. The summed E-state index contributed by atoms with van der Waals surface area (Å²) >= 11 is 0. The molecule has 1 aliphatic carbocycles. The molecule has 1 heterocycles. The Kier molecular flexibility index (Phi) is 4.81. The normalized spacial score (nSPS) is 21.6. The van der Waals surface area contributed by atoms with Crippen LogP contribution in [0.2, 0.25) is 0 Å². The molecule has 2 aromatic rings. The van der Waals surface area contributed by atoms with Crippen LogP contribution in [-0.2, 0) is 11.0 Å². The molecule has 1 saturated carbocycles. The van der Waals surface area contributed by atoms with Gasteiger partial charge in [0.25, 0.3) is 0 Å². The summed E-state index contributed by atoms with van der Waals surface area (Å²) in [5.41, 5.74) is 3.12. The van der Waals surface area contributed by atoms with Crippen molar-refractivity contribution < 1.29 is 18.0 Å². The van der Waals surface area contributed by atoms with Crippen LogP contribution in [0.15, 0.2) is 42.5 Å². The average Bonchev–Trinajstić information content (AvgIpc) is 3.28. The van der Waals surface area contributed by atoms with Crippen molar-refractivity contribution in [3.05, 3.63) is 59.2 Å². The zero-order valence-corrected chi connectivity index (χ0v) is 15.7. The Labute approximate surface area is 162 Å². The van der Waals surface area contributed by atoms with Gasteiger partial charge in [0.05, 0.1) is 5.56 Å². The number of rotatable bonds is 4. The highest BCUT2D eigenvalue weighted by Gasteiger charge is 2.44. The predicted octanol–water partition coefficient (Wildman–Crippen LogP) is 5.36. The maximum absolute atomic E-state index is 12.7. The van der Waals surface area contributed by atoms with Crippen LogP contribution in [0.1, 0.15) is 41.9 Å². The van der Waals surface area contributed by atoms with Crippen LogP contribution in [0, 0.1) is 12.8 Å². The summed E-state index contributed by atoms with van der Waals surface area (Å²) < 4.78 is 38.0. The van der Waals surface area contributed by atoms with E-state index in [1.807, 2.05) is 19.1 Å². The fourth-order valence-electron chi connectivity index (χ4n) is 3.96. The maximum Gasteiger partial charge on any atom is 0.416 e. The van der Waals surface area contributed by atoms with Crippen molar-refractivity contribution in [1.82, 2.24) is 0 Å². The lowest BCUT2D eigenvalue weighted by molar-refractivity contribution is -0.137. The van der Waals surface area contributed by atoms with Crippen molar-refractivity contribution >= 4 is 17.3 Å². The molecule has 6 heteroatoms. The zero-order valence-electron chi connectivity index (χ0n) is 15.7. The first-order chi connectivity index (χ1) is 13.3. The number of aryl methyl sites for hydroxylation is 1. The first-order valence-electron chi connectivity index (χ1n) is 9.66. The molecular formula is C22H23F3N2O. The largest absolute Gasteiger partial charge is 0.416 e. The second-order valence-electron chi connectivity index (χ2n) is 7.75. The first-order valence-corrected chi connectivity index (χ1v) is 9.66. The second kappa shape index (κ2) is 7.15. The van der Waals surface area contributed by atoms with Gasteiger partial charge in [0, 0.05) is 30.4 Å². The summed E-state index contributed by atoms with van der Waals surface area (Å²) in [5, 5.41) is 2.99.